The van der Waals surface area contributed by atoms with Gasteiger partial charge >= 0.3 is 0 Å². The summed E-state index contributed by atoms with van der Waals surface area (Å²) in [5.74, 6) is 0.297. The van der Waals surface area contributed by atoms with Gasteiger partial charge in [0.15, 0.2) is 5.58 Å². The topological polar surface area (TPSA) is 113 Å². The van der Waals surface area contributed by atoms with Crippen molar-refractivity contribution in [2.45, 2.75) is 43.9 Å². The molecule has 5 heterocycles. The second-order valence-corrected chi connectivity index (χ2v) is 10.6. The van der Waals surface area contributed by atoms with Gasteiger partial charge in [-0.3, -0.25) is 4.79 Å². The molecule has 4 N–H and O–H groups in total. The van der Waals surface area contributed by atoms with Crippen molar-refractivity contribution in [1.29, 1.82) is 0 Å². The number of hydrogen-bond acceptors (Lipinski definition) is 9. The molecule has 2 aromatic heterocycles. The lowest BCUT2D eigenvalue weighted by atomic mass is 10.1. The number of benzene rings is 1. The van der Waals surface area contributed by atoms with E-state index in [2.05, 4.69) is 31.5 Å². The highest BCUT2D eigenvalue weighted by molar-refractivity contribution is 8.02. The van der Waals surface area contributed by atoms with Crippen LogP contribution in [-0.4, -0.2) is 42.1 Å². The van der Waals surface area contributed by atoms with Crippen LogP contribution in [0.25, 0.3) is 11.1 Å². The van der Waals surface area contributed by atoms with E-state index in [1.165, 1.54) is 12.8 Å². The van der Waals surface area contributed by atoms with Crippen LogP contribution in [0, 0.1) is 0 Å². The number of nitrogens with one attached hydrogen (secondary N) is 2. The van der Waals surface area contributed by atoms with Crippen molar-refractivity contribution < 1.29 is 9.21 Å². The lowest BCUT2D eigenvalue weighted by molar-refractivity contribution is -0.113. The molecular weight excluding hydrogens is 474 g/mol. The van der Waals surface area contributed by atoms with Crippen molar-refractivity contribution in [3.8, 4) is 0 Å². The fourth-order valence-electron chi connectivity index (χ4n) is 5.06. The van der Waals surface area contributed by atoms with Crippen LogP contribution in [0.1, 0.15) is 49.5 Å². The first-order chi connectivity index (χ1) is 17.6. The number of carbonyl (C=O) groups excluding carboxylic acids is 1. The molecule has 0 radical (unpaired) electrons. The van der Waals surface area contributed by atoms with E-state index in [1.807, 2.05) is 17.5 Å². The van der Waals surface area contributed by atoms with E-state index in [4.69, 9.17) is 15.1 Å². The maximum absolute atomic E-state index is 13.3. The van der Waals surface area contributed by atoms with Crippen LogP contribution in [0.5, 0.6) is 0 Å². The molecule has 0 aliphatic carbocycles. The summed E-state index contributed by atoms with van der Waals surface area (Å²) in [7, 11) is 0. The maximum atomic E-state index is 13.3. The number of oxazole rings is 1. The molecule has 10 heteroatoms. The normalized spacial score (nSPS) is 20.3. The Morgan fingerprint density at radius 2 is 1.81 bits per heavy atom. The summed E-state index contributed by atoms with van der Waals surface area (Å²) < 4.78 is 6.18. The van der Waals surface area contributed by atoms with E-state index in [0.717, 1.165) is 74.3 Å². The summed E-state index contributed by atoms with van der Waals surface area (Å²) >= 11 is 1.54. The number of hydrogen-bond donors (Lipinski definition) is 3. The van der Waals surface area contributed by atoms with Gasteiger partial charge in [0.2, 0.25) is 0 Å². The average molecular weight is 506 g/mol. The Kier molecular flexibility index (Phi) is 6.35. The van der Waals surface area contributed by atoms with Gasteiger partial charge in [0, 0.05) is 49.4 Å². The van der Waals surface area contributed by atoms with Gasteiger partial charge in [0.25, 0.3) is 11.9 Å². The van der Waals surface area contributed by atoms with E-state index < -0.39 is 0 Å². The van der Waals surface area contributed by atoms with Crippen LogP contribution in [0.4, 0.5) is 23.2 Å². The zero-order valence-electron chi connectivity index (χ0n) is 20.2. The van der Waals surface area contributed by atoms with Crippen molar-refractivity contribution in [3.63, 3.8) is 0 Å². The quantitative estimate of drug-likeness (QED) is 0.458. The van der Waals surface area contributed by atoms with Gasteiger partial charge in [0.05, 0.1) is 11.4 Å². The number of thioether (sulfide) groups is 1. The monoisotopic (exact) mass is 505 g/mol. The highest BCUT2D eigenvalue weighted by atomic mass is 32.2. The number of aromatic nitrogens is 2. The van der Waals surface area contributed by atoms with E-state index in [0.29, 0.717) is 23.1 Å². The van der Waals surface area contributed by atoms with Crippen LogP contribution in [0.15, 0.2) is 46.0 Å². The lowest BCUT2D eigenvalue weighted by Gasteiger charge is -2.30. The predicted octanol–water partition coefficient (Wildman–Crippen LogP) is 4.60. The Hall–Kier alpha value is -3.40. The molecule has 188 valence electrons. The largest absolute Gasteiger partial charge is 0.423 e. The molecule has 1 amide bonds. The number of nitrogens with two attached hydrogens (primary N) is 1. The summed E-state index contributed by atoms with van der Waals surface area (Å²) in [6.07, 6.45) is 8.83. The molecule has 3 aliphatic rings. The maximum Gasteiger partial charge on any atom is 0.298 e. The summed E-state index contributed by atoms with van der Waals surface area (Å²) in [6.45, 7) is 3.87. The summed E-state index contributed by atoms with van der Waals surface area (Å²) in [4.78, 5) is 26.9. The minimum Gasteiger partial charge on any atom is -0.423 e. The molecule has 9 nitrogen and oxygen atoms in total. The van der Waals surface area contributed by atoms with Crippen LogP contribution < -0.4 is 26.2 Å². The number of nitrogens with zero attached hydrogens (tertiary/aromatic N) is 4. The first-order valence-electron chi connectivity index (χ1n) is 12.7. The third-order valence-electron chi connectivity index (χ3n) is 7.03. The van der Waals surface area contributed by atoms with Crippen LogP contribution in [0.2, 0.25) is 0 Å². The number of carbonyl (C=O) groups is 1. The van der Waals surface area contributed by atoms with Gasteiger partial charge in [-0.1, -0.05) is 6.07 Å². The number of fused-ring (bicyclic) bond motifs is 1. The first-order valence-corrected chi connectivity index (χ1v) is 13.7. The summed E-state index contributed by atoms with van der Waals surface area (Å²) in [5, 5.41) is 8.24. The van der Waals surface area contributed by atoms with Gasteiger partial charge in [-0.05, 0) is 50.7 Å². The van der Waals surface area contributed by atoms with E-state index in [9.17, 15) is 4.79 Å². The van der Waals surface area contributed by atoms with E-state index in [1.54, 1.807) is 24.0 Å². The molecule has 1 unspecified atom stereocenters. The van der Waals surface area contributed by atoms with Gasteiger partial charge < -0.3 is 30.6 Å². The number of piperidine rings is 2. The molecule has 1 atom stereocenters. The number of anilines is 4. The van der Waals surface area contributed by atoms with Crippen LogP contribution in [0.3, 0.4) is 0 Å². The van der Waals surface area contributed by atoms with Crippen LogP contribution >= 0.6 is 11.8 Å². The van der Waals surface area contributed by atoms with E-state index in [-0.39, 0.29) is 11.3 Å². The smallest absolute Gasteiger partial charge is 0.298 e. The molecule has 2 fully saturated rings. The second kappa shape index (κ2) is 9.93. The minimum absolute atomic E-state index is 0.0794. The molecule has 2 saturated heterocycles. The number of rotatable bonds is 5. The Bertz CT molecular complexity index is 1280. The number of pyridine rings is 1. The van der Waals surface area contributed by atoms with Crippen molar-refractivity contribution in [1.82, 2.24) is 15.3 Å². The third-order valence-corrected chi connectivity index (χ3v) is 8.07. The standard InChI is InChI=1S/C26H31N7O2S/c27-23-8-7-17(15-28-23)25-30-20(16-36-25)24(34)29-18-14-22-19(13-21(18)32-9-3-1-4-10-32)31-26(35-22)33-11-5-2-6-12-33/h7-8,13-16,25,30H,1-6,9-12H2,(H2,27,28)(H,29,34). The molecule has 3 aliphatic heterocycles. The molecule has 3 aromatic rings. The van der Waals surface area contributed by atoms with Gasteiger partial charge in [-0.2, -0.15) is 4.98 Å². The summed E-state index contributed by atoms with van der Waals surface area (Å²) in [5.41, 5.74) is 10.5. The Morgan fingerprint density at radius 3 is 2.53 bits per heavy atom. The zero-order chi connectivity index (χ0) is 24.5. The molecular formula is C26H31N7O2S. The summed E-state index contributed by atoms with van der Waals surface area (Å²) in [6, 6.07) is 8.37. The minimum atomic E-state index is -0.179. The highest BCUT2D eigenvalue weighted by Crippen LogP contribution is 2.37. The average Bonchev–Trinajstić information content (AvgIpc) is 3.57. The first kappa shape index (κ1) is 23.0. The lowest BCUT2D eigenvalue weighted by Crippen LogP contribution is -2.31. The Balaban J connectivity index is 1.25. The van der Waals surface area contributed by atoms with Crippen molar-refractivity contribution in [2.75, 3.05) is 47.0 Å². The second-order valence-electron chi connectivity index (χ2n) is 9.59. The fraction of sp³-hybridized carbons (Fsp3) is 0.423. The van der Waals surface area contributed by atoms with Crippen molar-refractivity contribution in [2.24, 2.45) is 0 Å². The Morgan fingerprint density at radius 1 is 1.06 bits per heavy atom. The zero-order valence-corrected chi connectivity index (χ0v) is 21.0. The third kappa shape index (κ3) is 4.69. The van der Waals surface area contributed by atoms with Gasteiger partial charge in [-0.15, -0.1) is 11.8 Å². The SMILES string of the molecule is Nc1ccc(C2NC(C(=O)Nc3cc4oc(N5CCCCC5)nc4cc3N3CCCCC3)=CS2)cn1. The van der Waals surface area contributed by atoms with Crippen molar-refractivity contribution >= 4 is 52.0 Å². The molecule has 0 bridgehead atoms. The predicted molar refractivity (Wildman–Crippen MR) is 145 cm³/mol. The van der Waals surface area contributed by atoms with Gasteiger partial charge in [-0.25, -0.2) is 4.98 Å². The molecule has 1 aromatic carbocycles. The van der Waals surface area contributed by atoms with Crippen molar-refractivity contribution in [3.05, 3.63) is 47.1 Å². The highest BCUT2D eigenvalue weighted by Gasteiger charge is 2.26. The molecule has 6 rings (SSSR count). The van der Waals surface area contributed by atoms with Crippen LogP contribution in [-0.2, 0) is 4.79 Å². The van der Waals surface area contributed by atoms with Gasteiger partial charge in [0.1, 0.15) is 22.4 Å². The molecule has 0 spiro atoms. The van der Waals surface area contributed by atoms with E-state index >= 15 is 0 Å². The number of nitrogen functional groups attached to an aromatic ring is 1. The number of amides is 1. The fourth-order valence-corrected chi connectivity index (χ4v) is 5.99. The Labute approximate surface area is 214 Å². The molecule has 0 saturated carbocycles. The molecule has 36 heavy (non-hydrogen) atoms.